The Morgan fingerprint density at radius 2 is 1.71 bits per heavy atom. The number of hydrogen-bond donors (Lipinski definition) is 2. The second kappa shape index (κ2) is 8.26. The normalized spacial score (nSPS) is 11.6. The summed E-state index contributed by atoms with van der Waals surface area (Å²) in [6.07, 6.45) is 0. The number of benzene rings is 2. The first-order valence-corrected chi connectivity index (χ1v) is 8.35. The molecule has 2 N–H and O–H groups in total. The van der Waals surface area contributed by atoms with Crippen LogP contribution in [0.25, 0.3) is 11.3 Å². The van der Waals surface area contributed by atoms with Crippen molar-refractivity contribution in [2.24, 2.45) is 0 Å². The molecule has 0 fully saturated rings. The fourth-order valence-electron chi connectivity index (χ4n) is 2.61. The largest absolute Gasteiger partial charge is 0.479 e. The minimum absolute atomic E-state index is 0.380. The third-order valence-corrected chi connectivity index (χ3v) is 3.99. The second-order valence-electron chi connectivity index (χ2n) is 5.97. The van der Waals surface area contributed by atoms with Gasteiger partial charge in [-0.25, -0.2) is 13.9 Å². The first-order chi connectivity index (χ1) is 13.4. The molecule has 8 heteroatoms. The van der Waals surface area contributed by atoms with E-state index in [9.17, 15) is 23.9 Å². The van der Waals surface area contributed by atoms with Crippen LogP contribution in [0, 0.1) is 5.82 Å². The van der Waals surface area contributed by atoms with Crippen LogP contribution in [0.3, 0.4) is 0 Å². The summed E-state index contributed by atoms with van der Waals surface area (Å²) in [5.41, 5.74) is 0.838. The number of aliphatic carboxylic acids is 1. The summed E-state index contributed by atoms with van der Waals surface area (Å²) in [7, 11) is 0. The van der Waals surface area contributed by atoms with Crippen LogP contribution in [-0.2, 0) is 16.1 Å². The average Bonchev–Trinajstić information content (AvgIpc) is 2.69. The van der Waals surface area contributed by atoms with Gasteiger partial charge in [-0.15, -0.1) is 0 Å². The van der Waals surface area contributed by atoms with Crippen LogP contribution in [0.2, 0.25) is 0 Å². The van der Waals surface area contributed by atoms with Crippen molar-refractivity contribution in [2.75, 3.05) is 0 Å². The third kappa shape index (κ3) is 4.47. The molecule has 0 saturated carbocycles. The Kier molecular flexibility index (Phi) is 5.59. The number of hydrogen-bond acceptors (Lipinski definition) is 4. The van der Waals surface area contributed by atoms with Gasteiger partial charge in [0.1, 0.15) is 12.4 Å². The zero-order chi connectivity index (χ0) is 20.1. The van der Waals surface area contributed by atoms with E-state index in [1.54, 1.807) is 30.3 Å². The van der Waals surface area contributed by atoms with Gasteiger partial charge in [0.05, 0.1) is 5.69 Å². The van der Waals surface area contributed by atoms with Gasteiger partial charge in [0, 0.05) is 11.6 Å². The van der Waals surface area contributed by atoms with E-state index in [4.69, 9.17) is 0 Å². The van der Waals surface area contributed by atoms with Gasteiger partial charge >= 0.3 is 5.97 Å². The van der Waals surface area contributed by atoms with Crippen molar-refractivity contribution in [1.29, 1.82) is 0 Å². The van der Waals surface area contributed by atoms with Gasteiger partial charge in [0.15, 0.2) is 6.04 Å². The van der Waals surface area contributed by atoms with Crippen molar-refractivity contribution >= 4 is 11.9 Å². The second-order valence-corrected chi connectivity index (χ2v) is 5.97. The number of amides is 1. The van der Waals surface area contributed by atoms with E-state index in [-0.39, 0.29) is 0 Å². The molecule has 2 aromatic carbocycles. The Balaban J connectivity index is 1.79. The molecule has 1 unspecified atom stereocenters. The first-order valence-electron chi connectivity index (χ1n) is 8.35. The van der Waals surface area contributed by atoms with Gasteiger partial charge in [-0.1, -0.05) is 30.3 Å². The molecule has 0 bridgehead atoms. The van der Waals surface area contributed by atoms with Gasteiger partial charge in [-0.05, 0) is 35.9 Å². The van der Waals surface area contributed by atoms with Gasteiger partial charge in [-0.3, -0.25) is 9.59 Å². The predicted octanol–water partition coefficient (Wildman–Crippen LogP) is 1.99. The van der Waals surface area contributed by atoms with Crippen LogP contribution >= 0.6 is 0 Å². The molecular formula is C20H16FN3O4. The SMILES string of the molecule is O=C(Cn1nc(-c2ccc(F)cc2)ccc1=O)NC(C(=O)O)c1ccccc1. The highest BCUT2D eigenvalue weighted by Crippen LogP contribution is 2.16. The summed E-state index contributed by atoms with van der Waals surface area (Å²) < 4.78 is 14.0. The number of carboxylic acids is 1. The number of carboxylic acid groups (broad SMARTS) is 1. The van der Waals surface area contributed by atoms with E-state index < -0.39 is 35.8 Å². The van der Waals surface area contributed by atoms with Gasteiger partial charge in [-0.2, -0.15) is 5.10 Å². The lowest BCUT2D eigenvalue weighted by Gasteiger charge is -2.15. The zero-order valence-corrected chi connectivity index (χ0v) is 14.6. The number of carbonyl (C=O) groups excluding carboxylic acids is 1. The smallest absolute Gasteiger partial charge is 0.330 e. The van der Waals surface area contributed by atoms with Gasteiger partial charge in [0.25, 0.3) is 5.56 Å². The first kappa shape index (κ1) is 19.0. The molecule has 0 aliphatic rings. The van der Waals surface area contributed by atoms with Crippen LogP contribution < -0.4 is 10.9 Å². The van der Waals surface area contributed by atoms with Crippen molar-refractivity contribution in [3.63, 3.8) is 0 Å². The molecule has 1 heterocycles. The minimum atomic E-state index is -1.25. The van der Waals surface area contributed by atoms with Crippen LogP contribution in [0.1, 0.15) is 11.6 Å². The predicted molar refractivity (Wildman–Crippen MR) is 98.9 cm³/mol. The number of carbonyl (C=O) groups is 2. The Morgan fingerprint density at radius 1 is 1.04 bits per heavy atom. The summed E-state index contributed by atoms with van der Waals surface area (Å²) in [6.45, 7) is -0.454. The minimum Gasteiger partial charge on any atom is -0.479 e. The fraction of sp³-hybridized carbons (Fsp3) is 0.100. The number of halogens is 1. The van der Waals surface area contributed by atoms with Crippen molar-refractivity contribution in [3.05, 3.63) is 88.5 Å². The molecule has 3 aromatic rings. The highest BCUT2D eigenvalue weighted by atomic mass is 19.1. The van der Waals surface area contributed by atoms with E-state index >= 15 is 0 Å². The molecule has 1 atom stereocenters. The molecule has 1 aromatic heterocycles. The van der Waals surface area contributed by atoms with E-state index in [2.05, 4.69) is 10.4 Å². The summed E-state index contributed by atoms with van der Waals surface area (Å²) in [5.74, 6) is -2.31. The quantitative estimate of drug-likeness (QED) is 0.680. The summed E-state index contributed by atoms with van der Waals surface area (Å²) >= 11 is 0. The fourth-order valence-corrected chi connectivity index (χ4v) is 2.61. The molecule has 0 spiro atoms. The Hall–Kier alpha value is -3.81. The Labute approximate surface area is 159 Å². The van der Waals surface area contributed by atoms with Crippen LogP contribution in [0.4, 0.5) is 4.39 Å². The Bertz CT molecular complexity index is 1050. The molecule has 28 heavy (non-hydrogen) atoms. The van der Waals surface area contributed by atoms with E-state index in [1.165, 1.54) is 36.4 Å². The molecule has 0 aliphatic heterocycles. The molecule has 0 radical (unpaired) electrons. The van der Waals surface area contributed by atoms with Gasteiger partial charge < -0.3 is 10.4 Å². The van der Waals surface area contributed by atoms with E-state index in [0.717, 1.165) is 4.68 Å². The highest BCUT2D eigenvalue weighted by molar-refractivity contribution is 5.84. The van der Waals surface area contributed by atoms with Crippen LogP contribution in [0.5, 0.6) is 0 Å². The molecular weight excluding hydrogens is 365 g/mol. The molecule has 1 amide bonds. The molecule has 3 rings (SSSR count). The van der Waals surface area contributed by atoms with Crippen molar-refractivity contribution < 1.29 is 19.1 Å². The maximum Gasteiger partial charge on any atom is 0.330 e. The summed E-state index contributed by atoms with van der Waals surface area (Å²) in [4.78, 5) is 35.8. The van der Waals surface area contributed by atoms with Gasteiger partial charge in [0.2, 0.25) is 5.91 Å². The van der Waals surface area contributed by atoms with Crippen LogP contribution in [0.15, 0.2) is 71.5 Å². The number of aromatic nitrogens is 2. The zero-order valence-electron chi connectivity index (χ0n) is 14.6. The lowest BCUT2D eigenvalue weighted by Crippen LogP contribution is -2.38. The number of rotatable bonds is 6. The molecule has 0 aliphatic carbocycles. The maximum atomic E-state index is 13.1. The third-order valence-electron chi connectivity index (χ3n) is 3.99. The standard InChI is InChI=1S/C20H16FN3O4/c21-15-8-6-13(7-9-15)16-10-11-18(26)24(23-16)12-17(25)22-19(20(27)28)14-4-2-1-3-5-14/h1-11,19H,12H2,(H,22,25)(H,27,28). The highest BCUT2D eigenvalue weighted by Gasteiger charge is 2.22. The summed E-state index contributed by atoms with van der Waals surface area (Å²) in [5, 5.41) is 15.9. The maximum absolute atomic E-state index is 13.1. The van der Waals surface area contributed by atoms with E-state index in [1.807, 2.05) is 0 Å². The molecule has 7 nitrogen and oxygen atoms in total. The van der Waals surface area contributed by atoms with Crippen molar-refractivity contribution in [2.45, 2.75) is 12.6 Å². The van der Waals surface area contributed by atoms with Crippen molar-refractivity contribution in [1.82, 2.24) is 15.1 Å². The topological polar surface area (TPSA) is 101 Å². The Morgan fingerprint density at radius 3 is 2.36 bits per heavy atom. The molecule has 142 valence electrons. The summed E-state index contributed by atoms with van der Waals surface area (Å²) in [6, 6.07) is 15.2. The lowest BCUT2D eigenvalue weighted by atomic mass is 10.1. The number of nitrogens with one attached hydrogen (secondary N) is 1. The average molecular weight is 381 g/mol. The molecule has 0 saturated heterocycles. The lowest BCUT2D eigenvalue weighted by molar-refractivity contribution is -0.142. The van der Waals surface area contributed by atoms with Crippen molar-refractivity contribution in [3.8, 4) is 11.3 Å². The van der Waals surface area contributed by atoms with E-state index in [0.29, 0.717) is 16.8 Å². The van der Waals surface area contributed by atoms with Crippen LogP contribution in [-0.4, -0.2) is 26.8 Å². The monoisotopic (exact) mass is 381 g/mol. The number of nitrogens with zero attached hydrogens (tertiary/aromatic N) is 2.